The molecule has 0 aliphatic rings. The molecule has 112 valence electrons. The number of rotatable bonds is 7. The van der Waals surface area contributed by atoms with Crippen LogP contribution in [0.15, 0.2) is 30.3 Å². The lowest BCUT2D eigenvalue weighted by Crippen LogP contribution is -2.46. The van der Waals surface area contributed by atoms with Gasteiger partial charge in [-0.3, -0.25) is 9.69 Å². The van der Waals surface area contributed by atoms with E-state index in [4.69, 9.17) is 5.73 Å². The first-order chi connectivity index (χ1) is 9.40. The minimum absolute atomic E-state index is 0.0606. The highest BCUT2D eigenvalue weighted by Gasteiger charge is 2.16. The Bertz CT molecular complexity index is 398. The number of nitrogens with one attached hydrogen (secondary N) is 1. The van der Waals surface area contributed by atoms with Crippen LogP contribution in [0.25, 0.3) is 0 Å². The summed E-state index contributed by atoms with van der Waals surface area (Å²) in [6.07, 6.45) is 0.898. The van der Waals surface area contributed by atoms with Gasteiger partial charge in [0, 0.05) is 18.6 Å². The summed E-state index contributed by atoms with van der Waals surface area (Å²) in [5.74, 6) is 0.0606. The summed E-state index contributed by atoms with van der Waals surface area (Å²) in [4.78, 5) is 14.2. The Morgan fingerprint density at radius 3 is 2.45 bits per heavy atom. The van der Waals surface area contributed by atoms with Crippen LogP contribution in [0.5, 0.6) is 0 Å². The molecule has 3 N–H and O–H groups in total. The van der Waals surface area contributed by atoms with Crippen molar-refractivity contribution in [1.82, 2.24) is 10.2 Å². The Morgan fingerprint density at radius 1 is 1.25 bits per heavy atom. The fraction of sp³-hybridized carbons (Fsp3) is 0.562. The quantitative estimate of drug-likeness (QED) is 0.798. The van der Waals surface area contributed by atoms with Crippen molar-refractivity contribution in [3.63, 3.8) is 0 Å². The van der Waals surface area contributed by atoms with Gasteiger partial charge in [0.15, 0.2) is 0 Å². The molecule has 1 rings (SSSR count). The Kier molecular flexibility index (Phi) is 6.68. The topological polar surface area (TPSA) is 58.4 Å². The van der Waals surface area contributed by atoms with Crippen molar-refractivity contribution in [2.24, 2.45) is 5.73 Å². The number of hydrogen-bond donors (Lipinski definition) is 2. The number of amides is 1. The van der Waals surface area contributed by atoms with Crippen LogP contribution in [-0.2, 0) is 11.3 Å². The molecule has 0 saturated carbocycles. The molecule has 0 aliphatic carbocycles. The Labute approximate surface area is 122 Å². The maximum absolute atomic E-state index is 12.0. The molecule has 0 atom stereocenters. The summed E-state index contributed by atoms with van der Waals surface area (Å²) in [5, 5.41) is 3.00. The van der Waals surface area contributed by atoms with Crippen molar-refractivity contribution in [3.8, 4) is 0 Å². The zero-order valence-corrected chi connectivity index (χ0v) is 12.9. The van der Waals surface area contributed by atoms with Gasteiger partial charge in [-0.25, -0.2) is 0 Å². The third-order valence-electron chi connectivity index (χ3n) is 2.81. The van der Waals surface area contributed by atoms with E-state index in [2.05, 4.69) is 22.3 Å². The number of hydrogen-bond acceptors (Lipinski definition) is 3. The normalized spacial score (nSPS) is 11.7. The minimum atomic E-state index is -0.191. The molecule has 1 aromatic carbocycles. The van der Waals surface area contributed by atoms with Crippen LogP contribution in [0.4, 0.5) is 0 Å². The van der Waals surface area contributed by atoms with Crippen molar-refractivity contribution in [2.45, 2.75) is 39.3 Å². The number of benzene rings is 1. The number of nitrogens with two attached hydrogens (primary N) is 1. The molecule has 0 saturated heterocycles. The van der Waals surface area contributed by atoms with E-state index in [-0.39, 0.29) is 11.4 Å². The zero-order chi connectivity index (χ0) is 15.0. The van der Waals surface area contributed by atoms with Gasteiger partial charge in [-0.2, -0.15) is 0 Å². The summed E-state index contributed by atoms with van der Waals surface area (Å²) < 4.78 is 0. The van der Waals surface area contributed by atoms with E-state index in [9.17, 15) is 4.79 Å². The molecule has 0 aliphatic heterocycles. The first kappa shape index (κ1) is 16.7. The van der Waals surface area contributed by atoms with Crippen LogP contribution in [0.2, 0.25) is 0 Å². The molecule has 0 bridgehead atoms. The van der Waals surface area contributed by atoms with Crippen LogP contribution in [0.3, 0.4) is 0 Å². The lowest BCUT2D eigenvalue weighted by molar-refractivity contribution is -0.123. The highest BCUT2D eigenvalue weighted by Crippen LogP contribution is 2.06. The second-order valence-corrected chi connectivity index (χ2v) is 6.14. The zero-order valence-electron chi connectivity index (χ0n) is 12.9. The monoisotopic (exact) mass is 277 g/mol. The molecule has 0 aromatic heterocycles. The van der Waals surface area contributed by atoms with Gasteiger partial charge in [-0.1, -0.05) is 30.3 Å². The Morgan fingerprint density at radius 2 is 1.90 bits per heavy atom. The van der Waals surface area contributed by atoms with Crippen LogP contribution in [0, 0.1) is 0 Å². The van der Waals surface area contributed by atoms with Gasteiger partial charge in [-0.15, -0.1) is 0 Å². The van der Waals surface area contributed by atoms with Crippen molar-refractivity contribution in [2.75, 3.05) is 19.6 Å². The van der Waals surface area contributed by atoms with Crippen molar-refractivity contribution >= 4 is 5.91 Å². The molecule has 20 heavy (non-hydrogen) atoms. The SMILES string of the molecule is CC(C)(C)NC(=O)CN(CCCN)Cc1ccccc1. The molecule has 0 radical (unpaired) electrons. The standard InChI is InChI=1S/C16H27N3O/c1-16(2,3)18-15(20)13-19(11-7-10-17)12-14-8-5-4-6-9-14/h4-6,8-9H,7,10-13,17H2,1-3H3,(H,18,20). The van der Waals surface area contributed by atoms with Crippen molar-refractivity contribution < 1.29 is 4.79 Å². The van der Waals surface area contributed by atoms with Gasteiger partial charge in [-0.05, 0) is 39.3 Å². The van der Waals surface area contributed by atoms with Crippen LogP contribution in [-0.4, -0.2) is 36.0 Å². The highest BCUT2D eigenvalue weighted by molar-refractivity contribution is 5.78. The van der Waals surface area contributed by atoms with E-state index >= 15 is 0 Å². The maximum atomic E-state index is 12.0. The largest absolute Gasteiger partial charge is 0.350 e. The third-order valence-corrected chi connectivity index (χ3v) is 2.81. The van der Waals surface area contributed by atoms with Gasteiger partial charge < -0.3 is 11.1 Å². The van der Waals surface area contributed by atoms with E-state index < -0.39 is 0 Å². The third kappa shape index (κ3) is 7.26. The summed E-state index contributed by atoms with van der Waals surface area (Å²) in [5.41, 5.74) is 6.60. The van der Waals surface area contributed by atoms with Crippen molar-refractivity contribution in [1.29, 1.82) is 0 Å². The lowest BCUT2D eigenvalue weighted by atomic mass is 10.1. The predicted octanol–water partition coefficient (Wildman–Crippen LogP) is 1.75. The maximum Gasteiger partial charge on any atom is 0.234 e. The number of nitrogens with zero attached hydrogens (tertiary/aromatic N) is 1. The first-order valence-corrected chi connectivity index (χ1v) is 7.18. The average molecular weight is 277 g/mol. The molecule has 0 heterocycles. The highest BCUT2D eigenvalue weighted by atomic mass is 16.2. The Hall–Kier alpha value is -1.39. The second-order valence-electron chi connectivity index (χ2n) is 6.14. The van der Waals surface area contributed by atoms with Crippen LogP contribution < -0.4 is 11.1 Å². The van der Waals surface area contributed by atoms with Gasteiger partial charge >= 0.3 is 0 Å². The lowest BCUT2D eigenvalue weighted by Gasteiger charge is -2.25. The molecular formula is C16H27N3O. The molecule has 0 unspecified atom stereocenters. The van der Waals surface area contributed by atoms with Gasteiger partial charge in [0.2, 0.25) is 5.91 Å². The van der Waals surface area contributed by atoms with Gasteiger partial charge in [0.05, 0.1) is 6.54 Å². The van der Waals surface area contributed by atoms with E-state index in [0.717, 1.165) is 19.5 Å². The van der Waals surface area contributed by atoms with E-state index in [0.29, 0.717) is 13.1 Å². The molecule has 4 nitrogen and oxygen atoms in total. The molecule has 4 heteroatoms. The number of carbonyl (C=O) groups excluding carboxylic acids is 1. The predicted molar refractivity (Wildman–Crippen MR) is 83.3 cm³/mol. The first-order valence-electron chi connectivity index (χ1n) is 7.18. The molecular weight excluding hydrogens is 250 g/mol. The van der Waals surface area contributed by atoms with Crippen molar-refractivity contribution in [3.05, 3.63) is 35.9 Å². The fourth-order valence-electron chi connectivity index (χ4n) is 2.03. The van der Waals surface area contributed by atoms with Crippen LogP contribution >= 0.6 is 0 Å². The van der Waals surface area contributed by atoms with E-state index in [1.807, 2.05) is 39.0 Å². The molecule has 1 aromatic rings. The summed E-state index contributed by atoms with van der Waals surface area (Å²) in [7, 11) is 0. The fourth-order valence-corrected chi connectivity index (χ4v) is 2.03. The Balaban J connectivity index is 2.57. The van der Waals surface area contributed by atoms with Gasteiger partial charge in [0.1, 0.15) is 0 Å². The second kappa shape index (κ2) is 8.02. The van der Waals surface area contributed by atoms with E-state index in [1.165, 1.54) is 5.56 Å². The molecule has 0 fully saturated rings. The summed E-state index contributed by atoms with van der Waals surface area (Å²) >= 11 is 0. The molecule has 1 amide bonds. The minimum Gasteiger partial charge on any atom is -0.350 e. The number of carbonyl (C=O) groups is 1. The smallest absolute Gasteiger partial charge is 0.234 e. The summed E-state index contributed by atoms with van der Waals surface area (Å²) in [6.45, 7) is 8.64. The average Bonchev–Trinajstić information content (AvgIpc) is 2.35. The van der Waals surface area contributed by atoms with E-state index in [1.54, 1.807) is 0 Å². The van der Waals surface area contributed by atoms with Crippen LogP contribution in [0.1, 0.15) is 32.8 Å². The van der Waals surface area contributed by atoms with Gasteiger partial charge in [0.25, 0.3) is 0 Å². The summed E-state index contributed by atoms with van der Waals surface area (Å²) in [6, 6.07) is 10.2. The molecule has 0 spiro atoms.